The number of methoxy groups -OCH3 is 2. The van der Waals surface area contributed by atoms with Gasteiger partial charge < -0.3 is 19.5 Å². The van der Waals surface area contributed by atoms with E-state index in [4.69, 9.17) is 9.47 Å². The molecule has 24 heavy (non-hydrogen) atoms. The number of hydrogen-bond acceptors (Lipinski definition) is 5. The van der Waals surface area contributed by atoms with Gasteiger partial charge in [-0.15, -0.1) is 0 Å². The van der Waals surface area contributed by atoms with Gasteiger partial charge in [0.1, 0.15) is 0 Å². The van der Waals surface area contributed by atoms with Crippen LogP contribution in [0.15, 0.2) is 12.1 Å². The fourth-order valence-electron chi connectivity index (χ4n) is 3.56. The fourth-order valence-corrected chi connectivity index (χ4v) is 3.56. The minimum Gasteiger partial charge on any atom is -0.493 e. The molecule has 1 saturated heterocycles. The van der Waals surface area contributed by atoms with E-state index in [1.807, 2.05) is 17.0 Å². The summed E-state index contributed by atoms with van der Waals surface area (Å²) in [5.41, 5.74) is 2.33. The number of nitrogens with zero attached hydrogens (tertiary/aromatic N) is 2. The van der Waals surface area contributed by atoms with Crippen LogP contribution in [-0.4, -0.2) is 67.3 Å². The molecule has 1 amide bonds. The molecule has 0 spiro atoms. The average Bonchev–Trinajstić information content (AvgIpc) is 2.59. The van der Waals surface area contributed by atoms with Gasteiger partial charge in [-0.25, -0.2) is 0 Å². The first kappa shape index (κ1) is 17.0. The Balaban J connectivity index is 1.66. The minimum absolute atomic E-state index is 0.129. The summed E-state index contributed by atoms with van der Waals surface area (Å²) in [5, 5.41) is 9.75. The quantitative estimate of drug-likeness (QED) is 0.892. The van der Waals surface area contributed by atoms with Crippen molar-refractivity contribution < 1.29 is 19.4 Å². The zero-order valence-corrected chi connectivity index (χ0v) is 14.5. The third kappa shape index (κ3) is 3.65. The highest BCUT2D eigenvalue weighted by atomic mass is 16.5. The van der Waals surface area contributed by atoms with Gasteiger partial charge >= 0.3 is 0 Å². The lowest BCUT2D eigenvalue weighted by atomic mass is 9.98. The van der Waals surface area contributed by atoms with Crippen LogP contribution in [0.1, 0.15) is 24.0 Å². The molecule has 0 unspecified atom stereocenters. The number of hydrogen-bond donors (Lipinski definition) is 1. The van der Waals surface area contributed by atoms with Gasteiger partial charge in [-0.3, -0.25) is 9.69 Å². The third-order valence-corrected chi connectivity index (χ3v) is 4.91. The van der Waals surface area contributed by atoms with Gasteiger partial charge in [-0.1, -0.05) is 0 Å². The number of carbonyl (C=O) groups excluding carboxylic acids is 1. The molecule has 0 bridgehead atoms. The lowest BCUT2D eigenvalue weighted by Crippen LogP contribution is -2.46. The number of aliphatic hydroxyl groups excluding tert-OH is 1. The molecule has 2 heterocycles. The van der Waals surface area contributed by atoms with Crippen molar-refractivity contribution in [1.82, 2.24) is 9.80 Å². The van der Waals surface area contributed by atoms with Crippen LogP contribution >= 0.6 is 0 Å². The second-order valence-electron chi connectivity index (χ2n) is 6.57. The summed E-state index contributed by atoms with van der Waals surface area (Å²) in [7, 11) is 3.26. The van der Waals surface area contributed by atoms with Crippen LogP contribution in [0.3, 0.4) is 0 Å². The molecule has 0 aromatic heterocycles. The predicted octanol–water partition coefficient (Wildman–Crippen LogP) is 1.05. The molecule has 132 valence electrons. The van der Waals surface area contributed by atoms with Crippen LogP contribution in [0.5, 0.6) is 11.5 Å². The molecule has 1 aromatic carbocycles. The van der Waals surface area contributed by atoms with Gasteiger partial charge in [-0.05, 0) is 49.1 Å². The zero-order valence-electron chi connectivity index (χ0n) is 14.5. The molecule has 0 aliphatic carbocycles. The highest BCUT2D eigenvalue weighted by Crippen LogP contribution is 2.33. The van der Waals surface area contributed by atoms with Gasteiger partial charge in [0, 0.05) is 19.6 Å². The maximum atomic E-state index is 12.6. The van der Waals surface area contributed by atoms with Crippen LogP contribution in [0.2, 0.25) is 0 Å². The molecule has 1 aromatic rings. The van der Waals surface area contributed by atoms with Crippen LogP contribution in [0, 0.1) is 0 Å². The fraction of sp³-hybridized carbons (Fsp3) is 0.611. The number of piperidine rings is 1. The van der Waals surface area contributed by atoms with E-state index in [0.29, 0.717) is 25.4 Å². The van der Waals surface area contributed by atoms with Gasteiger partial charge in [0.05, 0.1) is 26.9 Å². The Morgan fingerprint density at radius 3 is 2.58 bits per heavy atom. The molecule has 1 fully saturated rings. The summed E-state index contributed by atoms with van der Waals surface area (Å²) in [5.74, 6) is 1.56. The van der Waals surface area contributed by atoms with Crippen molar-refractivity contribution >= 4 is 5.91 Å². The van der Waals surface area contributed by atoms with Crippen LogP contribution in [-0.2, 0) is 17.8 Å². The van der Waals surface area contributed by atoms with E-state index >= 15 is 0 Å². The monoisotopic (exact) mass is 334 g/mol. The number of carbonyl (C=O) groups is 1. The second-order valence-corrected chi connectivity index (χ2v) is 6.57. The van der Waals surface area contributed by atoms with E-state index in [0.717, 1.165) is 43.7 Å². The second kappa shape index (κ2) is 7.40. The first-order valence-corrected chi connectivity index (χ1v) is 8.52. The van der Waals surface area contributed by atoms with Crippen LogP contribution in [0.4, 0.5) is 0 Å². The number of rotatable bonds is 4. The van der Waals surface area contributed by atoms with E-state index in [1.54, 1.807) is 14.2 Å². The molecule has 0 radical (unpaired) electrons. The molecule has 2 aliphatic rings. The van der Waals surface area contributed by atoms with Crippen LogP contribution in [0.25, 0.3) is 0 Å². The Morgan fingerprint density at radius 2 is 1.92 bits per heavy atom. The zero-order chi connectivity index (χ0) is 17.1. The first-order chi connectivity index (χ1) is 11.6. The van der Waals surface area contributed by atoms with Crippen molar-refractivity contribution in [2.24, 2.45) is 0 Å². The van der Waals surface area contributed by atoms with Crippen molar-refractivity contribution in [1.29, 1.82) is 0 Å². The van der Waals surface area contributed by atoms with E-state index in [9.17, 15) is 9.90 Å². The molecular weight excluding hydrogens is 308 g/mol. The molecule has 6 nitrogen and oxygen atoms in total. The maximum Gasteiger partial charge on any atom is 0.237 e. The highest BCUT2D eigenvalue weighted by molar-refractivity contribution is 5.78. The number of aliphatic hydroxyl groups is 1. The maximum absolute atomic E-state index is 12.6. The van der Waals surface area contributed by atoms with E-state index < -0.39 is 0 Å². The third-order valence-electron chi connectivity index (χ3n) is 4.91. The van der Waals surface area contributed by atoms with E-state index in [-0.39, 0.29) is 12.0 Å². The number of likely N-dealkylation sites (tertiary alicyclic amines) is 1. The molecular formula is C18H26N2O4. The van der Waals surface area contributed by atoms with Crippen molar-refractivity contribution in [3.05, 3.63) is 23.3 Å². The summed E-state index contributed by atoms with van der Waals surface area (Å²) in [4.78, 5) is 16.6. The lowest BCUT2D eigenvalue weighted by Gasteiger charge is -2.34. The number of benzene rings is 1. The normalized spacial score (nSPS) is 21.3. The molecule has 6 heteroatoms. The smallest absolute Gasteiger partial charge is 0.237 e. The Bertz CT molecular complexity index is 605. The largest absolute Gasteiger partial charge is 0.493 e. The van der Waals surface area contributed by atoms with Crippen molar-refractivity contribution in [2.45, 2.75) is 31.9 Å². The summed E-state index contributed by atoms with van der Waals surface area (Å²) in [6, 6.07) is 3.98. The Kier molecular flexibility index (Phi) is 5.26. The number of ether oxygens (including phenoxy) is 2. The highest BCUT2D eigenvalue weighted by Gasteiger charge is 2.26. The SMILES string of the molecule is COc1cc2c(cc1OC)CN(C(=O)CN1CCC[C@@H](O)C1)CC2. The summed E-state index contributed by atoms with van der Waals surface area (Å²) < 4.78 is 10.7. The summed E-state index contributed by atoms with van der Waals surface area (Å²) in [6.07, 6.45) is 2.31. The van der Waals surface area contributed by atoms with Crippen molar-refractivity contribution in [3.63, 3.8) is 0 Å². The van der Waals surface area contributed by atoms with Gasteiger partial charge in [0.2, 0.25) is 5.91 Å². The molecule has 3 rings (SSSR count). The Hall–Kier alpha value is -1.79. The lowest BCUT2D eigenvalue weighted by molar-refractivity contribution is -0.134. The first-order valence-electron chi connectivity index (χ1n) is 8.52. The van der Waals surface area contributed by atoms with Gasteiger partial charge in [0.15, 0.2) is 11.5 Å². The molecule has 1 N–H and O–H groups in total. The van der Waals surface area contributed by atoms with E-state index in [2.05, 4.69) is 4.90 Å². The van der Waals surface area contributed by atoms with E-state index in [1.165, 1.54) is 5.56 Å². The number of fused-ring (bicyclic) bond motifs is 1. The average molecular weight is 334 g/mol. The number of amides is 1. The molecule has 1 atom stereocenters. The standard InChI is InChI=1S/C18H26N2O4/c1-23-16-8-13-5-7-20(10-14(13)9-17(16)24-2)18(22)12-19-6-3-4-15(21)11-19/h8-9,15,21H,3-7,10-12H2,1-2H3/t15-/m1/s1. The van der Waals surface area contributed by atoms with Crippen LogP contribution < -0.4 is 9.47 Å². The van der Waals surface area contributed by atoms with Crippen molar-refractivity contribution in [3.8, 4) is 11.5 Å². The van der Waals surface area contributed by atoms with Crippen molar-refractivity contribution in [2.75, 3.05) is 40.4 Å². The Labute approximate surface area is 143 Å². The minimum atomic E-state index is -0.301. The van der Waals surface area contributed by atoms with Gasteiger partial charge in [0.25, 0.3) is 0 Å². The Morgan fingerprint density at radius 1 is 1.21 bits per heavy atom. The van der Waals surface area contributed by atoms with Gasteiger partial charge in [-0.2, -0.15) is 0 Å². The number of β-amino-alcohol motifs (C(OH)–C–C–N with tert-alkyl or cyclic N) is 1. The summed E-state index contributed by atoms with van der Waals surface area (Å²) in [6.45, 7) is 3.20. The summed E-state index contributed by atoms with van der Waals surface area (Å²) >= 11 is 0. The molecule has 2 aliphatic heterocycles. The molecule has 0 saturated carbocycles. The topological polar surface area (TPSA) is 62.2 Å². The predicted molar refractivity (Wildman–Crippen MR) is 90.3 cm³/mol.